The maximum atomic E-state index is 3.56. The Morgan fingerprint density at radius 2 is 1.84 bits per heavy atom. The molecule has 114 valence electrons. The Hall–Kier alpha value is -0.160. The zero-order valence-corrected chi connectivity index (χ0v) is 13.5. The van der Waals surface area contributed by atoms with E-state index >= 15 is 0 Å². The number of hydrogen-bond acceptors (Lipinski definition) is 4. The molecular weight excluding hydrogens is 236 g/mol. The Morgan fingerprint density at radius 3 is 2.42 bits per heavy atom. The number of rotatable bonds is 10. The summed E-state index contributed by atoms with van der Waals surface area (Å²) < 4.78 is 0. The first kappa shape index (κ1) is 16.9. The van der Waals surface area contributed by atoms with E-state index in [4.69, 9.17) is 0 Å². The van der Waals surface area contributed by atoms with E-state index in [0.29, 0.717) is 0 Å². The van der Waals surface area contributed by atoms with Crippen LogP contribution in [0.4, 0.5) is 0 Å². The van der Waals surface area contributed by atoms with Crippen LogP contribution in [0.15, 0.2) is 0 Å². The van der Waals surface area contributed by atoms with Gasteiger partial charge in [0.05, 0.1) is 0 Å². The Labute approximate surface area is 120 Å². The molecule has 4 nitrogen and oxygen atoms in total. The van der Waals surface area contributed by atoms with Gasteiger partial charge in [-0.1, -0.05) is 13.8 Å². The van der Waals surface area contributed by atoms with E-state index in [9.17, 15) is 0 Å². The Morgan fingerprint density at radius 1 is 1.16 bits per heavy atom. The predicted molar refractivity (Wildman–Crippen MR) is 83.8 cm³/mol. The monoisotopic (exact) mass is 270 g/mol. The molecule has 1 N–H and O–H groups in total. The van der Waals surface area contributed by atoms with Crippen LogP contribution in [0.5, 0.6) is 0 Å². The van der Waals surface area contributed by atoms with Crippen molar-refractivity contribution in [2.45, 2.75) is 20.3 Å². The van der Waals surface area contributed by atoms with Crippen molar-refractivity contribution in [3.63, 3.8) is 0 Å². The molecule has 1 fully saturated rings. The molecule has 0 spiro atoms. The average Bonchev–Trinajstić information content (AvgIpc) is 2.79. The summed E-state index contributed by atoms with van der Waals surface area (Å²) in [7, 11) is 4.49. The molecule has 0 aliphatic carbocycles. The third-order valence-corrected chi connectivity index (χ3v) is 4.23. The summed E-state index contributed by atoms with van der Waals surface area (Å²) in [6, 6.07) is 0. The minimum atomic E-state index is 0.880. The topological polar surface area (TPSA) is 21.8 Å². The summed E-state index contributed by atoms with van der Waals surface area (Å²) in [5.41, 5.74) is 0. The minimum Gasteiger partial charge on any atom is -0.314 e. The van der Waals surface area contributed by atoms with E-state index in [1.165, 1.54) is 39.1 Å². The second-order valence-electron chi connectivity index (χ2n) is 5.96. The second-order valence-corrected chi connectivity index (χ2v) is 5.96. The molecule has 19 heavy (non-hydrogen) atoms. The van der Waals surface area contributed by atoms with Gasteiger partial charge in [-0.2, -0.15) is 0 Å². The van der Waals surface area contributed by atoms with Crippen molar-refractivity contribution in [2.75, 3.05) is 73.0 Å². The van der Waals surface area contributed by atoms with Crippen LogP contribution in [0, 0.1) is 5.92 Å². The van der Waals surface area contributed by atoms with Gasteiger partial charge in [0.1, 0.15) is 0 Å². The summed E-state index contributed by atoms with van der Waals surface area (Å²) in [5.74, 6) is 0.880. The molecule has 1 rings (SSSR count). The average molecular weight is 270 g/mol. The molecule has 0 radical (unpaired) electrons. The van der Waals surface area contributed by atoms with Gasteiger partial charge in [0.15, 0.2) is 0 Å². The van der Waals surface area contributed by atoms with E-state index in [1.54, 1.807) is 0 Å². The maximum absolute atomic E-state index is 3.56. The number of likely N-dealkylation sites (N-methyl/N-ethyl adjacent to an activating group) is 2. The largest absolute Gasteiger partial charge is 0.314 e. The molecule has 0 saturated carbocycles. The van der Waals surface area contributed by atoms with Crippen LogP contribution in [0.1, 0.15) is 20.3 Å². The second kappa shape index (κ2) is 9.70. The molecule has 0 aromatic heterocycles. The molecule has 1 atom stereocenters. The number of nitrogens with one attached hydrogen (secondary N) is 1. The normalized spacial score (nSPS) is 20.8. The van der Waals surface area contributed by atoms with Crippen LogP contribution in [0.3, 0.4) is 0 Å². The lowest BCUT2D eigenvalue weighted by Gasteiger charge is -2.22. The van der Waals surface area contributed by atoms with Crippen molar-refractivity contribution in [1.82, 2.24) is 20.0 Å². The highest BCUT2D eigenvalue weighted by molar-refractivity contribution is 4.75. The molecule has 1 unspecified atom stereocenters. The van der Waals surface area contributed by atoms with Gasteiger partial charge >= 0.3 is 0 Å². The smallest absolute Gasteiger partial charge is 0.0107 e. The lowest BCUT2D eigenvalue weighted by Crippen LogP contribution is -2.37. The van der Waals surface area contributed by atoms with Gasteiger partial charge in [-0.3, -0.25) is 0 Å². The van der Waals surface area contributed by atoms with Crippen molar-refractivity contribution in [3.8, 4) is 0 Å². The van der Waals surface area contributed by atoms with Crippen LogP contribution in [0.25, 0.3) is 0 Å². The van der Waals surface area contributed by atoms with Crippen molar-refractivity contribution in [3.05, 3.63) is 0 Å². The Kier molecular flexibility index (Phi) is 8.62. The SMILES string of the molecule is CCN(CC)CCNCCN(C)CC1CCN(C)C1. The molecule has 1 saturated heterocycles. The van der Waals surface area contributed by atoms with Gasteiger partial charge in [-0.25, -0.2) is 0 Å². The fraction of sp³-hybridized carbons (Fsp3) is 1.00. The molecule has 0 aromatic carbocycles. The van der Waals surface area contributed by atoms with E-state index in [2.05, 4.69) is 48.0 Å². The molecule has 0 amide bonds. The molecular formula is C15H34N4. The summed E-state index contributed by atoms with van der Waals surface area (Å²) in [6.45, 7) is 15.2. The molecule has 0 bridgehead atoms. The molecule has 0 aromatic rings. The number of likely N-dealkylation sites (tertiary alicyclic amines) is 1. The summed E-state index contributed by atoms with van der Waals surface area (Å²) in [4.78, 5) is 7.39. The zero-order valence-electron chi connectivity index (χ0n) is 13.5. The van der Waals surface area contributed by atoms with Gasteiger partial charge in [0, 0.05) is 39.3 Å². The minimum absolute atomic E-state index is 0.880. The quantitative estimate of drug-likeness (QED) is 0.593. The standard InChI is InChI=1S/C15H34N4/c1-5-19(6-2)12-9-16-8-11-18(4)14-15-7-10-17(3)13-15/h15-16H,5-14H2,1-4H3. The number of nitrogens with zero attached hydrogens (tertiary/aromatic N) is 3. The third kappa shape index (κ3) is 7.25. The van der Waals surface area contributed by atoms with Crippen LogP contribution >= 0.6 is 0 Å². The van der Waals surface area contributed by atoms with Crippen LogP contribution in [0.2, 0.25) is 0 Å². The van der Waals surface area contributed by atoms with Gasteiger partial charge in [0.25, 0.3) is 0 Å². The van der Waals surface area contributed by atoms with E-state index < -0.39 is 0 Å². The summed E-state index contributed by atoms with van der Waals surface area (Å²) in [6.07, 6.45) is 1.37. The number of hydrogen-bond donors (Lipinski definition) is 1. The maximum Gasteiger partial charge on any atom is 0.0107 e. The van der Waals surface area contributed by atoms with Gasteiger partial charge in [-0.05, 0) is 46.1 Å². The lowest BCUT2D eigenvalue weighted by atomic mass is 10.1. The summed E-state index contributed by atoms with van der Waals surface area (Å²) in [5, 5.41) is 3.56. The van der Waals surface area contributed by atoms with Crippen LogP contribution in [-0.2, 0) is 0 Å². The van der Waals surface area contributed by atoms with Crippen molar-refractivity contribution < 1.29 is 0 Å². The van der Waals surface area contributed by atoms with Gasteiger partial charge in [-0.15, -0.1) is 0 Å². The molecule has 1 aliphatic rings. The van der Waals surface area contributed by atoms with E-state index in [0.717, 1.165) is 32.1 Å². The highest BCUT2D eigenvalue weighted by atomic mass is 15.2. The summed E-state index contributed by atoms with van der Waals surface area (Å²) >= 11 is 0. The molecule has 1 heterocycles. The first-order chi connectivity index (χ1) is 9.15. The van der Waals surface area contributed by atoms with Gasteiger partial charge in [0.2, 0.25) is 0 Å². The lowest BCUT2D eigenvalue weighted by molar-refractivity contribution is 0.266. The van der Waals surface area contributed by atoms with Crippen molar-refractivity contribution >= 4 is 0 Å². The predicted octanol–water partition coefficient (Wildman–Crippen LogP) is 0.801. The first-order valence-corrected chi connectivity index (χ1v) is 7.95. The third-order valence-electron chi connectivity index (χ3n) is 4.23. The fourth-order valence-electron chi connectivity index (χ4n) is 2.88. The van der Waals surface area contributed by atoms with E-state index in [-0.39, 0.29) is 0 Å². The Bertz CT molecular complexity index is 218. The van der Waals surface area contributed by atoms with Crippen LogP contribution in [-0.4, -0.2) is 87.7 Å². The highest BCUT2D eigenvalue weighted by Gasteiger charge is 2.20. The highest BCUT2D eigenvalue weighted by Crippen LogP contribution is 2.14. The van der Waals surface area contributed by atoms with Crippen molar-refractivity contribution in [1.29, 1.82) is 0 Å². The van der Waals surface area contributed by atoms with E-state index in [1.807, 2.05) is 0 Å². The van der Waals surface area contributed by atoms with Gasteiger partial charge < -0.3 is 20.0 Å². The molecule has 1 aliphatic heterocycles. The fourth-order valence-corrected chi connectivity index (χ4v) is 2.88. The zero-order chi connectivity index (χ0) is 14.1. The Balaban J connectivity index is 1.96. The molecule has 4 heteroatoms. The van der Waals surface area contributed by atoms with Crippen molar-refractivity contribution in [2.24, 2.45) is 5.92 Å². The first-order valence-electron chi connectivity index (χ1n) is 7.95. The van der Waals surface area contributed by atoms with Crippen LogP contribution < -0.4 is 5.32 Å².